The second-order valence-electron chi connectivity index (χ2n) is 4.39. The van der Waals surface area contributed by atoms with E-state index in [0.29, 0.717) is 10.8 Å². The highest BCUT2D eigenvalue weighted by molar-refractivity contribution is 6.33. The predicted molar refractivity (Wildman–Crippen MR) is 75.0 cm³/mol. The highest BCUT2D eigenvalue weighted by Crippen LogP contribution is 2.39. The summed E-state index contributed by atoms with van der Waals surface area (Å²) in [5.41, 5.74) is 2.07. The third-order valence-corrected chi connectivity index (χ3v) is 3.43. The summed E-state index contributed by atoms with van der Waals surface area (Å²) in [6.07, 6.45) is 4.19. The van der Waals surface area contributed by atoms with Crippen LogP contribution < -0.4 is 14.8 Å². The molecular formula is C14H15ClN2O2. The van der Waals surface area contributed by atoms with Crippen LogP contribution in [0.2, 0.25) is 5.02 Å². The average molecular weight is 279 g/mol. The highest BCUT2D eigenvalue weighted by Gasteiger charge is 2.16. The van der Waals surface area contributed by atoms with Crippen LogP contribution in [0.15, 0.2) is 30.6 Å². The van der Waals surface area contributed by atoms with Crippen molar-refractivity contribution in [3.63, 3.8) is 0 Å². The number of halogens is 1. The summed E-state index contributed by atoms with van der Waals surface area (Å²) in [4.78, 5) is 0. The van der Waals surface area contributed by atoms with Gasteiger partial charge in [0.25, 0.3) is 0 Å². The summed E-state index contributed by atoms with van der Waals surface area (Å²) in [5, 5.41) is 3.95. The summed E-state index contributed by atoms with van der Waals surface area (Å²) in [7, 11) is 0. The molecule has 0 spiro atoms. The van der Waals surface area contributed by atoms with Crippen molar-refractivity contribution >= 4 is 17.3 Å². The van der Waals surface area contributed by atoms with Crippen molar-refractivity contribution < 1.29 is 9.47 Å². The van der Waals surface area contributed by atoms with Gasteiger partial charge in [0.2, 0.25) is 6.79 Å². The van der Waals surface area contributed by atoms with Crippen LogP contribution >= 0.6 is 11.6 Å². The van der Waals surface area contributed by atoms with Gasteiger partial charge < -0.3 is 19.4 Å². The fraction of sp³-hybridized carbons (Fsp3) is 0.286. The number of hydrogen-bond acceptors (Lipinski definition) is 3. The van der Waals surface area contributed by atoms with Crippen LogP contribution in [0.3, 0.4) is 0 Å². The number of fused-ring (bicyclic) bond motifs is 1. The Hall–Kier alpha value is -1.81. The van der Waals surface area contributed by atoms with E-state index in [-0.39, 0.29) is 6.79 Å². The third kappa shape index (κ3) is 2.49. The lowest BCUT2D eigenvalue weighted by Crippen LogP contribution is -1.99. The van der Waals surface area contributed by atoms with E-state index in [0.717, 1.165) is 24.5 Å². The van der Waals surface area contributed by atoms with Gasteiger partial charge in [0.1, 0.15) is 0 Å². The Bertz CT molecular complexity index is 595. The number of nitrogens with one attached hydrogen (secondary N) is 1. The van der Waals surface area contributed by atoms with Gasteiger partial charge in [-0.1, -0.05) is 11.6 Å². The maximum atomic E-state index is 6.20. The average Bonchev–Trinajstić information content (AvgIpc) is 3.03. The summed E-state index contributed by atoms with van der Waals surface area (Å²) in [6.45, 7) is 4.08. The molecule has 100 valence electrons. The Labute approximate surface area is 116 Å². The first-order valence-corrected chi connectivity index (χ1v) is 6.61. The van der Waals surface area contributed by atoms with E-state index < -0.39 is 0 Å². The first-order valence-electron chi connectivity index (χ1n) is 6.24. The monoisotopic (exact) mass is 278 g/mol. The summed E-state index contributed by atoms with van der Waals surface area (Å²) in [5.74, 6) is 1.44. The molecule has 1 aromatic heterocycles. The molecule has 3 rings (SSSR count). The van der Waals surface area contributed by atoms with Crippen molar-refractivity contribution in [3.8, 4) is 11.5 Å². The Kier molecular flexibility index (Phi) is 3.25. The quantitative estimate of drug-likeness (QED) is 0.930. The Morgan fingerprint density at radius 3 is 2.84 bits per heavy atom. The Morgan fingerprint density at radius 2 is 2.11 bits per heavy atom. The smallest absolute Gasteiger partial charge is 0.231 e. The van der Waals surface area contributed by atoms with Crippen molar-refractivity contribution in [2.24, 2.45) is 0 Å². The molecule has 1 aliphatic rings. The number of ether oxygens (including phenoxy) is 2. The van der Waals surface area contributed by atoms with Gasteiger partial charge in [-0.05, 0) is 18.6 Å². The molecule has 0 bridgehead atoms. The number of aryl methyl sites for hydroxylation is 1. The van der Waals surface area contributed by atoms with E-state index in [4.69, 9.17) is 21.1 Å². The number of hydrogen-bond donors (Lipinski definition) is 1. The lowest BCUT2D eigenvalue weighted by atomic mass is 10.2. The molecule has 0 unspecified atom stereocenters. The van der Waals surface area contributed by atoms with E-state index in [1.807, 2.05) is 6.07 Å². The van der Waals surface area contributed by atoms with Gasteiger partial charge in [-0.25, -0.2) is 0 Å². The molecule has 0 radical (unpaired) electrons. The number of rotatable bonds is 4. The molecule has 19 heavy (non-hydrogen) atoms. The molecule has 0 saturated carbocycles. The van der Waals surface area contributed by atoms with Crippen LogP contribution in [-0.4, -0.2) is 11.4 Å². The molecule has 0 saturated heterocycles. The summed E-state index contributed by atoms with van der Waals surface area (Å²) in [6, 6.07) is 5.75. The molecule has 0 aliphatic carbocycles. The first kappa shape index (κ1) is 12.2. The second-order valence-corrected chi connectivity index (χ2v) is 4.80. The van der Waals surface area contributed by atoms with Crippen LogP contribution in [-0.2, 0) is 13.1 Å². The molecule has 5 heteroatoms. The topological polar surface area (TPSA) is 35.4 Å². The molecule has 2 aromatic rings. The van der Waals surface area contributed by atoms with Crippen LogP contribution in [0.4, 0.5) is 5.69 Å². The molecule has 1 N–H and O–H groups in total. The van der Waals surface area contributed by atoms with E-state index in [2.05, 4.69) is 35.3 Å². The van der Waals surface area contributed by atoms with Crippen molar-refractivity contribution in [2.45, 2.75) is 20.0 Å². The number of aromatic nitrogens is 1. The van der Waals surface area contributed by atoms with Crippen LogP contribution in [0, 0.1) is 0 Å². The van der Waals surface area contributed by atoms with Gasteiger partial charge in [0.15, 0.2) is 11.5 Å². The van der Waals surface area contributed by atoms with Gasteiger partial charge >= 0.3 is 0 Å². The molecule has 0 atom stereocenters. The van der Waals surface area contributed by atoms with E-state index in [1.54, 1.807) is 6.07 Å². The maximum absolute atomic E-state index is 6.20. The van der Waals surface area contributed by atoms with Crippen LogP contribution in [0.25, 0.3) is 0 Å². The fourth-order valence-electron chi connectivity index (χ4n) is 2.04. The molecule has 0 amide bonds. The zero-order valence-corrected chi connectivity index (χ0v) is 11.4. The van der Waals surface area contributed by atoms with E-state index in [1.165, 1.54) is 5.56 Å². The standard InChI is InChI=1S/C14H15ClN2O2/c1-2-17-4-3-10(8-17)7-16-12-6-14-13(5-11(12)15)18-9-19-14/h3-6,8,16H,2,7,9H2,1H3. The van der Waals surface area contributed by atoms with Gasteiger partial charge in [0, 0.05) is 37.6 Å². The first-order chi connectivity index (χ1) is 9.26. The Morgan fingerprint density at radius 1 is 1.32 bits per heavy atom. The number of nitrogens with zero attached hydrogens (tertiary/aromatic N) is 1. The molecule has 4 nitrogen and oxygen atoms in total. The SMILES string of the molecule is CCn1ccc(CNc2cc3c(cc2Cl)OCO3)c1. The van der Waals surface area contributed by atoms with E-state index in [9.17, 15) is 0 Å². The summed E-state index contributed by atoms with van der Waals surface area (Å²) < 4.78 is 12.8. The minimum atomic E-state index is 0.258. The lowest BCUT2D eigenvalue weighted by Gasteiger charge is -2.08. The van der Waals surface area contributed by atoms with Crippen molar-refractivity contribution in [1.82, 2.24) is 4.57 Å². The van der Waals surface area contributed by atoms with Gasteiger partial charge in [-0.15, -0.1) is 0 Å². The van der Waals surface area contributed by atoms with Gasteiger partial charge in [0.05, 0.1) is 10.7 Å². The van der Waals surface area contributed by atoms with Crippen LogP contribution in [0.1, 0.15) is 12.5 Å². The minimum Gasteiger partial charge on any atom is -0.454 e. The predicted octanol–water partition coefficient (Wildman–Crippen LogP) is 3.50. The number of anilines is 1. The molecule has 2 heterocycles. The van der Waals surface area contributed by atoms with Gasteiger partial charge in [-0.2, -0.15) is 0 Å². The number of benzene rings is 1. The molecule has 1 aromatic carbocycles. The van der Waals surface area contributed by atoms with Crippen molar-refractivity contribution in [3.05, 3.63) is 41.2 Å². The largest absolute Gasteiger partial charge is 0.454 e. The maximum Gasteiger partial charge on any atom is 0.231 e. The minimum absolute atomic E-state index is 0.258. The van der Waals surface area contributed by atoms with Crippen LogP contribution in [0.5, 0.6) is 11.5 Å². The second kappa shape index (κ2) is 5.05. The zero-order chi connectivity index (χ0) is 13.2. The summed E-state index contributed by atoms with van der Waals surface area (Å²) >= 11 is 6.20. The third-order valence-electron chi connectivity index (χ3n) is 3.12. The Balaban J connectivity index is 1.73. The fourth-order valence-corrected chi connectivity index (χ4v) is 2.26. The van der Waals surface area contributed by atoms with E-state index >= 15 is 0 Å². The normalized spacial score (nSPS) is 12.7. The molecule has 1 aliphatic heterocycles. The molecular weight excluding hydrogens is 264 g/mol. The molecule has 0 fully saturated rings. The van der Waals surface area contributed by atoms with Crippen molar-refractivity contribution in [2.75, 3.05) is 12.1 Å². The highest BCUT2D eigenvalue weighted by atomic mass is 35.5. The zero-order valence-electron chi connectivity index (χ0n) is 10.6. The lowest BCUT2D eigenvalue weighted by molar-refractivity contribution is 0.174. The van der Waals surface area contributed by atoms with Crippen molar-refractivity contribution in [1.29, 1.82) is 0 Å². The van der Waals surface area contributed by atoms with Gasteiger partial charge in [-0.3, -0.25) is 0 Å².